The summed E-state index contributed by atoms with van der Waals surface area (Å²) in [7, 11) is 0. The summed E-state index contributed by atoms with van der Waals surface area (Å²) < 4.78 is 30.3. The van der Waals surface area contributed by atoms with E-state index in [0.29, 0.717) is 42.3 Å². The number of nitrogens with zero attached hydrogens (tertiary/aromatic N) is 2. The van der Waals surface area contributed by atoms with Crippen LogP contribution in [-0.2, 0) is 20.9 Å². The number of carbonyl (C=O) groups excluding carboxylic acids is 2. The highest BCUT2D eigenvalue weighted by Crippen LogP contribution is 2.32. The normalized spacial score (nSPS) is 14.9. The van der Waals surface area contributed by atoms with Crippen LogP contribution >= 0.6 is 0 Å². The molecule has 0 bridgehead atoms. The molecule has 0 spiro atoms. The summed E-state index contributed by atoms with van der Waals surface area (Å²) in [6, 6.07) is 13.2. The first-order valence-corrected chi connectivity index (χ1v) is 12.2. The minimum absolute atomic E-state index is 0.0437. The predicted octanol–water partition coefficient (Wildman–Crippen LogP) is 5.21. The molecule has 0 saturated carbocycles. The van der Waals surface area contributed by atoms with Gasteiger partial charge in [-0.25, -0.2) is 4.39 Å². The lowest BCUT2D eigenvalue weighted by molar-refractivity contribution is -0.140. The van der Waals surface area contributed by atoms with Gasteiger partial charge in [-0.1, -0.05) is 18.2 Å². The fraction of sp³-hybridized carbons (Fsp3) is 0.345. The van der Waals surface area contributed by atoms with Gasteiger partial charge in [-0.15, -0.1) is 0 Å². The fourth-order valence-electron chi connectivity index (χ4n) is 3.78. The van der Waals surface area contributed by atoms with Crippen molar-refractivity contribution in [2.24, 2.45) is 0 Å². The molecular formula is C29H31FN2O5. The van der Waals surface area contributed by atoms with Gasteiger partial charge in [0, 0.05) is 18.7 Å². The molecule has 3 rings (SSSR count). The molecule has 1 aliphatic rings. The lowest BCUT2D eigenvalue weighted by atomic mass is 9.93. The van der Waals surface area contributed by atoms with Crippen molar-refractivity contribution in [1.29, 1.82) is 5.26 Å². The number of hydrogen-bond donors (Lipinski definition) is 0. The highest BCUT2D eigenvalue weighted by molar-refractivity contribution is 6.19. The van der Waals surface area contributed by atoms with E-state index in [4.69, 9.17) is 14.2 Å². The lowest BCUT2D eigenvalue weighted by Gasteiger charge is -2.27. The summed E-state index contributed by atoms with van der Waals surface area (Å²) in [5.41, 5.74) is 2.00. The molecule has 7 nitrogen and oxygen atoms in total. The number of rotatable bonds is 11. The van der Waals surface area contributed by atoms with Gasteiger partial charge in [0.15, 0.2) is 11.5 Å². The molecule has 0 aliphatic carbocycles. The van der Waals surface area contributed by atoms with E-state index < -0.39 is 11.8 Å². The van der Waals surface area contributed by atoms with E-state index in [1.165, 1.54) is 12.1 Å². The Labute approximate surface area is 216 Å². The molecule has 8 heteroatoms. The number of hydrogen-bond acceptors (Lipinski definition) is 6. The summed E-state index contributed by atoms with van der Waals surface area (Å²) in [4.78, 5) is 27.2. The Morgan fingerprint density at radius 1 is 1.05 bits per heavy atom. The highest BCUT2D eigenvalue weighted by Gasteiger charge is 2.35. The molecule has 0 atom stereocenters. The second-order valence-corrected chi connectivity index (χ2v) is 8.76. The quantitative estimate of drug-likeness (QED) is 0.236. The summed E-state index contributed by atoms with van der Waals surface area (Å²) in [6.45, 7) is 8.44. The number of imide groups is 1. The zero-order chi connectivity index (χ0) is 26.9. The number of halogens is 1. The molecular weight excluding hydrogens is 475 g/mol. The molecule has 1 heterocycles. The molecule has 2 aromatic rings. The van der Waals surface area contributed by atoms with Crippen LogP contribution in [0.1, 0.15) is 45.2 Å². The van der Waals surface area contributed by atoms with Gasteiger partial charge in [0.25, 0.3) is 11.8 Å². The number of ether oxygens (including phenoxy) is 3. The summed E-state index contributed by atoms with van der Waals surface area (Å²) in [5.74, 6) is -0.397. The lowest BCUT2D eigenvalue weighted by Crippen LogP contribution is -2.43. The van der Waals surface area contributed by atoms with E-state index in [-0.39, 0.29) is 36.2 Å². The molecule has 0 unspecified atom stereocenters. The first-order chi connectivity index (χ1) is 17.7. The van der Waals surface area contributed by atoms with Crippen molar-refractivity contribution < 1.29 is 28.2 Å². The molecule has 1 aliphatic heterocycles. The SMILES string of the molecule is CCOc1cc(/C=C2/C(=O)N(CCCOC(C)C)C(=O)C(C#N)=C2C)ccc1OCc1ccc(F)cc1. The van der Waals surface area contributed by atoms with Crippen molar-refractivity contribution in [2.75, 3.05) is 19.8 Å². The Hall–Kier alpha value is -3.96. The molecule has 0 N–H and O–H groups in total. The van der Waals surface area contributed by atoms with Gasteiger partial charge in [0.1, 0.15) is 24.1 Å². The van der Waals surface area contributed by atoms with Crippen LogP contribution in [0.3, 0.4) is 0 Å². The van der Waals surface area contributed by atoms with E-state index in [1.807, 2.05) is 26.8 Å². The smallest absolute Gasteiger partial charge is 0.271 e. The molecule has 0 fully saturated rings. The summed E-state index contributed by atoms with van der Waals surface area (Å²) in [6.07, 6.45) is 2.16. The molecule has 194 valence electrons. The van der Waals surface area contributed by atoms with E-state index >= 15 is 0 Å². The maximum absolute atomic E-state index is 13.3. The van der Waals surface area contributed by atoms with Crippen LogP contribution in [0, 0.1) is 17.1 Å². The number of amides is 2. The second kappa shape index (κ2) is 12.8. The topological polar surface area (TPSA) is 88.9 Å². The number of carbonyl (C=O) groups is 2. The first kappa shape index (κ1) is 27.6. The minimum Gasteiger partial charge on any atom is -0.490 e. The molecule has 2 amide bonds. The summed E-state index contributed by atoms with van der Waals surface area (Å²) in [5, 5.41) is 9.61. The third-order valence-electron chi connectivity index (χ3n) is 5.69. The van der Waals surface area contributed by atoms with Crippen molar-refractivity contribution in [2.45, 2.75) is 46.8 Å². The largest absolute Gasteiger partial charge is 0.490 e. The monoisotopic (exact) mass is 506 g/mol. The van der Waals surface area contributed by atoms with E-state index in [2.05, 4.69) is 0 Å². The van der Waals surface area contributed by atoms with E-state index in [9.17, 15) is 19.2 Å². The third-order valence-corrected chi connectivity index (χ3v) is 5.69. The van der Waals surface area contributed by atoms with Crippen molar-refractivity contribution in [3.8, 4) is 17.6 Å². The van der Waals surface area contributed by atoms with Gasteiger partial charge in [-0.05, 0) is 81.2 Å². The molecule has 0 aromatic heterocycles. The maximum Gasteiger partial charge on any atom is 0.271 e. The Balaban J connectivity index is 1.86. The van der Waals surface area contributed by atoms with Crippen molar-refractivity contribution in [1.82, 2.24) is 4.90 Å². The van der Waals surface area contributed by atoms with Gasteiger partial charge in [0.2, 0.25) is 0 Å². The highest BCUT2D eigenvalue weighted by atomic mass is 19.1. The Bertz CT molecular complexity index is 1240. The molecule has 0 saturated heterocycles. The Morgan fingerprint density at radius 2 is 1.78 bits per heavy atom. The van der Waals surface area contributed by atoms with Gasteiger partial charge in [-0.2, -0.15) is 5.26 Å². The average Bonchev–Trinajstić information content (AvgIpc) is 2.87. The van der Waals surface area contributed by atoms with Crippen molar-refractivity contribution in [3.05, 3.63) is 76.1 Å². The minimum atomic E-state index is -0.591. The van der Waals surface area contributed by atoms with Gasteiger partial charge in [0.05, 0.1) is 12.7 Å². The zero-order valence-electron chi connectivity index (χ0n) is 21.5. The second-order valence-electron chi connectivity index (χ2n) is 8.76. The van der Waals surface area contributed by atoms with Crippen LogP contribution in [-0.4, -0.2) is 42.6 Å². The molecule has 2 aromatic carbocycles. The Morgan fingerprint density at radius 3 is 2.43 bits per heavy atom. The predicted molar refractivity (Wildman–Crippen MR) is 137 cm³/mol. The third kappa shape index (κ3) is 7.05. The first-order valence-electron chi connectivity index (χ1n) is 12.2. The van der Waals surface area contributed by atoms with Crippen LogP contribution in [0.2, 0.25) is 0 Å². The van der Waals surface area contributed by atoms with Crippen LogP contribution in [0.15, 0.2) is 59.2 Å². The fourth-order valence-corrected chi connectivity index (χ4v) is 3.78. The van der Waals surface area contributed by atoms with Crippen LogP contribution in [0.4, 0.5) is 4.39 Å². The van der Waals surface area contributed by atoms with Gasteiger partial charge >= 0.3 is 0 Å². The molecule has 0 radical (unpaired) electrons. The molecule has 37 heavy (non-hydrogen) atoms. The van der Waals surface area contributed by atoms with Gasteiger partial charge < -0.3 is 14.2 Å². The van der Waals surface area contributed by atoms with E-state index in [1.54, 1.807) is 43.3 Å². The zero-order valence-corrected chi connectivity index (χ0v) is 21.5. The summed E-state index contributed by atoms with van der Waals surface area (Å²) >= 11 is 0. The van der Waals surface area contributed by atoms with E-state index in [0.717, 1.165) is 10.5 Å². The van der Waals surface area contributed by atoms with Crippen molar-refractivity contribution in [3.63, 3.8) is 0 Å². The van der Waals surface area contributed by atoms with Gasteiger partial charge in [-0.3, -0.25) is 14.5 Å². The average molecular weight is 507 g/mol. The maximum atomic E-state index is 13.3. The van der Waals surface area contributed by atoms with Crippen molar-refractivity contribution >= 4 is 17.9 Å². The number of nitriles is 1. The van der Waals surface area contributed by atoms with Crippen LogP contribution in [0.25, 0.3) is 6.08 Å². The van der Waals surface area contributed by atoms with Crippen LogP contribution in [0.5, 0.6) is 11.5 Å². The van der Waals surface area contributed by atoms with Crippen LogP contribution < -0.4 is 9.47 Å². The standard InChI is InChI=1S/C29H31FN2O5/c1-5-35-27-16-22(9-12-26(27)37-18-21-7-10-23(30)11-8-21)15-24-20(4)25(17-31)29(34)32(28(24)33)13-6-14-36-19(2)3/h7-12,15-16,19H,5-6,13-14,18H2,1-4H3/b24-15+. The Kier molecular flexibility index (Phi) is 9.58. The number of benzene rings is 2.